The van der Waals surface area contributed by atoms with Gasteiger partial charge < -0.3 is 14.6 Å². The van der Waals surface area contributed by atoms with Gasteiger partial charge >= 0.3 is 0 Å². The Bertz CT molecular complexity index is 538. The van der Waals surface area contributed by atoms with Gasteiger partial charge in [-0.05, 0) is 11.6 Å². The van der Waals surface area contributed by atoms with Crippen LogP contribution in [-0.4, -0.2) is 27.7 Å². The number of aryl methyl sites for hydroxylation is 1. The maximum absolute atomic E-state index is 5.82. The van der Waals surface area contributed by atoms with E-state index in [1.807, 2.05) is 31.7 Å². The van der Waals surface area contributed by atoms with E-state index in [0.717, 1.165) is 24.3 Å². The van der Waals surface area contributed by atoms with Crippen LogP contribution in [0.5, 0.6) is 0 Å². The number of fused-ring (bicyclic) bond motifs is 1. The fraction of sp³-hybridized carbons (Fsp3) is 0.429. The van der Waals surface area contributed by atoms with Crippen molar-refractivity contribution >= 4 is 0 Å². The first-order chi connectivity index (χ1) is 9.34. The van der Waals surface area contributed by atoms with Gasteiger partial charge in [-0.15, -0.1) is 0 Å². The van der Waals surface area contributed by atoms with Crippen molar-refractivity contribution in [3.63, 3.8) is 0 Å². The molecule has 0 spiro atoms. The number of rotatable bonds is 4. The average molecular weight is 258 g/mol. The lowest BCUT2D eigenvalue weighted by atomic mass is 10.0. The highest BCUT2D eigenvalue weighted by molar-refractivity contribution is 5.21. The highest BCUT2D eigenvalue weighted by Crippen LogP contribution is 2.23. The Morgan fingerprint density at radius 3 is 3.32 bits per heavy atom. The molecule has 3 heterocycles. The van der Waals surface area contributed by atoms with Gasteiger partial charge in [-0.25, -0.2) is 4.98 Å². The molecule has 19 heavy (non-hydrogen) atoms. The van der Waals surface area contributed by atoms with Gasteiger partial charge in [0.15, 0.2) is 0 Å². The summed E-state index contributed by atoms with van der Waals surface area (Å²) in [5.74, 6) is 0.368. The van der Waals surface area contributed by atoms with Crippen LogP contribution in [0, 0.1) is 0 Å². The minimum absolute atomic E-state index is 0.368. The summed E-state index contributed by atoms with van der Waals surface area (Å²) in [6, 6.07) is 3.96. The Hall–Kier alpha value is -1.72. The second-order valence-corrected chi connectivity index (χ2v) is 4.89. The van der Waals surface area contributed by atoms with Gasteiger partial charge in [-0.3, -0.25) is 4.98 Å². The maximum Gasteiger partial charge on any atom is 0.0949 e. The molecular weight excluding hydrogens is 240 g/mol. The molecule has 0 radical (unpaired) electrons. The molecule has 1 aliphatic rings. The predicted octanol–water partition coefficient (Wildman–Crippen LogP) is 1.22. The second kappa shape index (κ2) is 5.50. The van der Waals surface area contributed by atoms with E-state index in [2.05, 4.69) is 19.9 Å². The van der Waals surface area contributed by atoms with Crippen molar-refractivity contribution in [1.29, 1.82) is 0 Å². The first-order valence-corrected chi connectivity index (χ1v) is 6.52. The highest BCUT2D eigenvalue weighted by Gasteiger charge is 2.23. The first-order valence-electron chi connectivity index (χ1n) is 6.52. The zero-order chi connectivity index (χ0) is 13.1. The Morgan fingerprint density at radius 1 is 1.53 bits per heavy atom. The lowest BCUT2D eigenvalue weighted by molar-refractivity contribution is 0.103. The van der Waals surface area contributed by atoms with Crippen molar-refractivity contribution in [1.82, 2.24) is 19.9 Å². The maximum atomic E-state index is 5.82. The molecule has 5 heteroatoms. The molecule has 1 aliphatic heterocycles. The molecule has 1 unspecified atom stereocenters. The number of aromatic nitrogens is 3. The number of nitrogens with zero attached hydrogens (tertiary/aromatic N) is 3. The smallest absolute Gasteiger partial charge is 0.0949 e. The van der Waals surface area contributed by atoms with Crippen molar-refractivity contribution in [3.05, 3.63) is 47.8 Å². The number of nitrogens with one attached hydrogen (secondary N) is 1. The standard InChI is InChI=1S/C14H18N4O/c1-18-10-17-13-7-16-6-12(14(13)18)9-19-8-11-3-2-4-15-5-11/h2-5,10,12,16H,6-9H2,1H3. The van der Waals surface area contributed by atoms with Crippen LogP contribution in [0.1, 0.15) is 22.9 Å². The van der Waals surface area contributed by atoms with Crippen LogP contribution >= 0.6 is 0 Å². The van der Waals surface area contributed by atoms with E-state index in [0.29, 0.717) is 19.1 Å². The molecule has 0 saturated carbocycles. The van der Waals surface area contributed by atoms with Gasteiger partial charge in [-0.2, -0.15) is 0 Å². The molecule has 0 aromatic carbocycles. The second-order valence-electron chi connectivity index (χ2n) is 4.89. The van der Waals surface area contributed by atoms with E-state index < -0.39 is 0 Å². The van der Waals surface area contributed by atoms with Crippen molar-refractivity contribution in [2.24, 2.45) is 7.05 Å². The number of hydrogen-bond donors (Lipinski definition) is 1. The summed E-state index contributed by atoms with van der Waals surface area (Å²) in [6.45, 7) is 3.11. The summed E-state index contributed by atoms with van der Waals surface area (Å²) in [7, 11) is 2.05. The first kappa shape index (κ1) is 12.3. The molecule has 2 aromatic heterocycles. The van der Waals surface area contributed by atoms with Crippen molar-refractivity contribution < 1.29 is 4.74 Å². The molecule has 0 bridgehead atoms. The molecular formula is C14H18N4O. The van der Waals surface area contributed by atoms with Gasteiger partial charge in [0.1, 0.15) is 0 Å². The summed E-state index contributed by atoms with van der Waals surface area (Å²) in [6.07, 6.45) is 5.50. The Kier molecular flexibility index (Phi) is 3.57. The number of pyridine rings is 1. The van der Waals surface area contributed by atoms with Crippen LogP contribution in [-0.2, 0) is 24.9 Å². The molecule has 3 rings (SSSR count). The third-order valence-corrected chi connectivity index (χ3v) is 3.44. The minimum Gasteiger partial charge on any atom is -0.376 e. The summed E-state index contributed by atoms with van der Waals surface area (Å²) in [5, 5.41) is 3.38. The fourth-order valence-electron chi connectivity index (χ4n) is 2.55. The Balaban J connectivity index is 1.61. The highest BCUT2D eigenvalue weighted by atomic mass is 16.5. The summed E-state index contributed by atoms with van der Waals surface area (Å²) in [4.78, 5) is 8.49. The summed E-state index contributed by atoms with van der Waals surface area (Å²) < 4.78 is 7.92. The van der Waals surface area contributed by atoms with E-state index in [1.54, 1.807) is 6.20 Å². The molecule has 0 saturated heterocycles. The van der Waals surface area contributed by atoms with Crippen molar-refractivity contribution in [3.8, 4) is 0 Å². The lowest BCUT2D eigenvalue weighted by Gasteiger charge is -2.24. The van der Waals surface area contributed by atoms with E-state index in [-0.39, 0.29) is 0 Å². The molecule has 0 fully saturated rings. The molecule has 100 valence electrons. The quantitative estimate of drug-likeness (QED) is 0.896. The number of hydrogen-bond acceptors (Lipinski definition) is 4. The molecule has 0 amide bonds. The van der Waals surface area contributed by atoms with Gasteiger partial charge in [0.05, 0.1) is 25.2 Å². The van der Waals surface area contributed by atoms with Crippen LogP contribution in [0.3, 0.4) is 0 Å². The van der Waals surface area contributed by atoms with Crippen molar-refractivity contribution in [2.75, 3.05) is 13.2 Å². The van der Waals surface area contributed by atoms with E-state index in [1.165, 1.54) is 5.69 Å². The summed E-state index contributed by atoms with van der Waals surface area (Å²) in [5.41, 5.74) is 3.55. The minimum atomic E-state index is 0.368. The van der Waals surface area contributed by atoms with Gasteiger partial charge in [0.2, 0.25) is 0 Å². The average Bonchev–Trinajstić information content (AvgIpc) is 2.83. The molecule has 5 nitrogen and oxygen atoms in total. The van der Waals surface area contributed by atoms with E-state index in [4.69, 9.17) is 4.74 Å². The normalized spacial score (nSPS) is 18.3. The lowest BCUT2D eigenvalue weighted by Crippen LogP contribution is -2.31. The molecule has 2 aromatic rings. The molecule has 1 atom stereocenters. The van der Waals surface area contributed by atoms with Crippen LogP contribution < -0.4 is 5.32 Å². The summed E-state index contributed by atoms with van der Waals surface area (Å²) >= 11 is 0. The Morgan fingerprint density at radius 2 is 2.47 bits per heavy atom. The largest absolute Gasteiger partial charge is 0.376 e. The van der Waals surface area contributed by atoms with Gasteiger partial charge in [0.25, 0.3) is 0 Å². The number of imidazole rings is 1. The van der Waals surface area contributed by atoms with Crippen LogP contribution in [0.25, 0.3) is 0 Å². The monoisotopic (exact) mass is 258 g/mol. The SMILES string of the molecule is Cn1cnc2c1C(COCc1cccnc1)CNC2. The van der Waals surface area contributed by atoms with Crippen LogP contribution in [0.4, 0.5) is 0 Å². The third-order valence-electron chi connectivity index (χ3n) is 3.44. The van der Waals surface area contributed by atoms with Crippen molar-refractivity contribution in [2.45, 2.75) is 19.1 Å². The number of ether oxygens (including phenoxy) is 1. The molecule has 1 N–H and O–H groups in total. The third kappa shape index (κ3) is 2.67. The van der Waals surface area contributed by atoms with Gasteiger partial charge in [-0.1, -0.05) is 6.07 Å². The zero-order valence-electron chi connectivity index (χ0n) is 11.0. The zero-order valence-corrected chi connectivity index (χ0v) is 11.0. The predicted molar refractivity (Wildman–Crippen MR) is 71.5 cm³/mol. The van der Waals surface area contributed by atoms with Gasteiger partial charge in [0, 0.05) is 44.1 Å². The van der Waals surface area contributed by atoms with Crippen LogP contribution in [0.2, 0.25) is 0 Å². The van der Waals surface area contributed by atoms with Crippen LogP contribution in [0.15, 0.2) is 30.9 Å². The molecule has 0 aliphatic carbocycles. The fourth-order valence-corrected chi connectivity index (χ4v) is 2.55. The topological polar surface area (TPSA) is 52.0 Å². The van der Waals surface area contributed by atoms with E-state index >= 15 is 0 Å². The Labute approximate surface area is 112 Å². The van der Waals surface area contributed by atoms with E-state index in [9.17, 15) is 0 Å².